The number of thiazole rings is 1. The molecule has 5 rings (SSSR count). The molecule has 1 aliphatic rings. The fourth-order valence-corrected chi connectivity index (χ4v) is 7.73. The van der Waals surface area contributed by atoms with E-state index < -0.39 is 6.04 Å². The molecule has 0 radical (unpaired) electrons. The Labute approximate surface area is 301 Å². The number of benzene rings is 3. The predicted molar refractivity (Wildman–Crippen MR) is 198 cm³/mol. The molecule has 1 saturated heterocycles. The summed E-state index contributed by atoms with van der Waals surface area (Å²) in [6.45, 7) is 10.1. The fraction of sp³-hybridized carbons (Fsp3) is 0.361. The monoisotopic (exact) mass is 725 g/mol. The lowest BCUT2D eigenvalue weighted by molar-refractivity contribution is -0.125. The van der Waals surface area contributed by atoms with Gasteiger partial charge in [0.1, 0.15) is 11.4 Å². The van der Waals surface area contributed by atoms with Gasteiger partial charge in [0.25, 0.3) is 0 Å². The first kappa shape index (κ1) is 36.2. The van der Waals surface area contributed by atoms with Crippen molar-refractivity contribution in [3.05, 3.63) is 93.3 Å². The van der Waals surface area contributed by atoms with Crippen LogP contribution < -0.4 is 15.8 Å². The van der Waals surface area contributed by atoms with Crippen LogP contribution in [-0.2, 0) is 22.6 Å². The molecule has 3 aromatic carbocycles. The first-order valence-corrected chi connectivity index (χ1v) is 18.3. The highest BCUT2D eigenvalue weighted by atomic mass is 35.5. The van der Waals surface area contributed by atoms with Gasteiger partial charge in [0, 0.05) is 61.2 Å². The molecular formula is C36H41Cl2N5O3S2. The number of likely N-dealkylation sites (tertiary alicyclic amines) is 1. The van der Waals surface area contributed by atoms with Gasteiger partial charge in [0.2, 0.25) is 11.8 Å². The Morgan fingerprint density at radius 3 is 2.44 bits per heavy atom. The van der Waals surface area contributed by atoms with Gasteiger partial charge in [-0.3, -0.25) is 18.8 Å². The molecule has 1 aliphatic heterocycles. The van der Waals surface area contributed by atoms with Gasteiger partial charge in [-0.2, -0.15) is 0 Å². The number of carbonyl (C=O) groups is 2. The maximum absolute atomic E-state index is 13.0. The van der Waals surface area contributed by atoms with E-state index in [1.54, 1.807) is 6.92 Å². The summed E-state index contributed by atoms with van der Waals surface area (Å²) in [6, 6.07) is 20.4. The lowest BCUT2D eigenvalue weighted by Crippen LogP contribution is -2.43. The molecule has 48 heavy (non-hydrogen) atoms. The minimum absolute atomic E-state index is 0.00918. The summed E-state index contributed by atoms with van der Waals surface area (Å²) in [5.74, 6) is 0.517. The second kappa shape index (κ2) is 16.1. The number of carbonyl (C=O) groups excluding carboxylic acids is 2. The molecule has 0 bridgehead atoms. The average Bonchev–Trinajstić information content (AvgIpc) is 3.51. The van der Waals surface area contributed by atoms with Gasteiger partial charge in [-0.05, 0) is 87.6 Å². The first-order chi connectivity index (χ1) is 22.8. The first-order valence-electron chi connectivity index (χ1n) is 15.9. The Balaban J connectivity index is 1.15. The van der Waals surface area contributed by atoms with E-state index in [1.165, 1.54) is 23.3 Å². The topological polar surface area (TPSA) is 101 Å². The molecule has 8 nitrogen and oxygen atoms in total. The molecule has 1 fully saturated rings. The number of nitrogens with zero attached hydrogens (tertiary/aromatic N) is 3. The van der Waals surface area contributed by atoms with Crippen LogP contribution in [0.2, 0.25) is 10.0 Å². The van der Waals surface area contributed by atoms with E-state index in [0.29, 0.717) is 22.2 Å². The van der Waals surface area contributed by atoms with Crippen LogP contribution in [0.25, 0.3) is 11.3 Å². The van der Waals surface area contributed by atoms with Gasteiger partial charge in [-0.15, -0.1) is 11.3 Å². The number of anilines is 1. The summed E-state index contributed by atoms with van der Waals surface area (Å²) < 4.78 is 8.53. The van der Waals surface area contributed by atoms with Crippen molar-refractivity contribution in [2.45, 2.75) is 75.5 Å². The number of aromatic nitrogens is 1. The minimum Gasteiger partial charge on any atom is -0.488 e. The van der Waals surface area contributed by atoms with Crippen molar-refractivity contribution >= 4 is 64.0 Å². The zero-order valence-electron chi connectivity index (χ0n) is 27.5. The summed E-state index contributed by atoms with van der Waals surface area (Å²) >= 11 is 15.2. The highest BCUT2D eigenvalue weighted by Gasteiger charge is 2.28. The van der Waals surface area contributed by atoms with E-state index in [9.17, 15) is 9.59 Å². The number of rotatable bonds is 11. The standard InChI is InChI=1S/C36H41Cl2N5O3S2/c1-23(44)43(28-14-16-42(17-15-28)21-25-10-13-30(37)31(38)18-25)48-35-41-33(22-47-35)26-6-5-7-27(20-26)40-34(45)32(39)19-24-8-11-29(12-9-24)46-36(2,3)4/h5-13,18,20,22,28,32H,14-17,19,21,39H2,1-4H3,(H,40,45)/t32-/m0/s1. The molecule has 4 aromatic rings. The van der Waals surface area contributed by atoms with E-state index in [-0.39, 0.29) is 23.5 Å². The van der Waals surface area contributed by atoms with Gasteiger partial charge in [0.15, 0.2) is 4.34 Å². The van der Waals surface area contributed by atoms with Crippen molar-refractivity contribution in [3.8, 4) is 17.0 Å². The molecule has 1 aromatic heterocycles. The lowest BCUT2D eigenvalue weighted by atomic mass is 10.0. The van der Waals surface area contributed by atoms with Crippen LogP contribution in [0.1, 0.15) is 51.7 Å². The number of amides is 2. The summed E-state index contributed by atoms with van der Waals surface area (Å²) in [5.41, 5.74) is 10.3. The quantitative estimate of drug-likeness (QED) is 0.150. The van der Waals surface area contributed by atoms with Gasteiger partial charge in [0.05, 0.1) is 21.8 Å². The molecule has 0 unspecified atom stereocenters. The van der Waals surface area contributed by atoms with Gasteiger partial charge in [-0.1, -0.05) is 53.5 Å². The summed E-state index contributed by atoms with van der Waals surface area (Å²) in [6.07, 6.45) is 2.14. The predicted octanol–water partition coefficient (Wildman–Crippen LogP) is 8.32. The lowest BCUT2D eigenvalue weighted by Gasteiger charge is -2.37. The van der Waals surface area contributed by atoms with E-state index >= 15 is 0 Å². The highest BCUT2D eigenvalue weighted by Crippen LogP contribution is 2.35. The van der Waals surface area contributed by atoms with Crippen LogP contribution in [0.15, 0.2) is 76.4 Å². The maximum atomic E-state index is 13.0. The van der Waals surface area contributed by atoms with Crippen molar-refractivity contribution in [3.63, 3.8) is 0 Å². The Hall–Kier alpha value is -3.12. The molecule has 12 heteroatoms. The van der Waals surface area contributed by atoms with Gasteiger partial charge >= 0.3 is 0 Å². The second-order valence-corrected chi connectivity index (χ2v) is 15.8. The molecule has 254 valence electrons. The fourth-order valence-electron chi connectivity index (χ4n) is 5.50. The maximum Gasteiger partial charge on any atom is 0.241 e. The molecule has 1 atom stereocenters. The molecular weight excluding hydrogens is 685 g/mol. The SMILES string of the molecule is CC(=O)N(Sc1nc(-c2cccc(NC(=O)[C@@H](N)Cc3ccc(OC(C)(C)C)cc3)c2)cs1)C1CCN(Cc2ccc(Cl)c(Cl)c2)CC1. The largest absolute Gasteiger partial charge is 0.488 e. The zero-order valence-corrected chi connectivity index (χ0v) is 30.7. The smallest absolute Gasteiger partial charge is 0.241 e. The molecule has 0 saturated carbocycles. The Kier molecular flexibility index (Phi) is 12.1. The third-order valence-corrected chi connectivity index (χ3v) is 10.7. The Morgan fingerprint density at radius 2 is 1.77 bits per heavy atom. The van der Waals surface area contributed by atoms with Crippen LogP contribution in [0.3, 0.4) is 0 Å². The second-order valence-electron chi connectivity index (χ2n) is 12.9. The number of piperidine rings is 1. The molecule has 3 N–H and O–H groups in total. The molecule has 0 aliphatic carbocycles. The van der Waals surface area contributed by atoms with Crippen LogP contribution in [0, 0.1) is 0 Å². The van der Waals surface area contributed by atoms with E-state index in [2.05, 4.69) is 10.2 Å². The van der Waals surface area contributed by atoms with E-state index in [0.717, 1.165) is 64.9 Å². The summed E-state index contributed by atoms with van der Waals surface area (Å²) in [5, 5.41) is 6.04. The van der Waals surface area contributed by atoms with Crippen LogP contribution in [0.5, 0.6) is 5.75 Å². The normalized spacial score (nSPS) is 14.8. The highest BCUT2D eigenvalue weighted by molar-refractivity contribution is 7.99. The number of halogens is 2. The van der Waals surface area contributed by atoms with E-state index in [4.69, 9.17) is 38.7 Å². The summed E-state index contributed by atoms with van der Waals surface area (Å²) in [4.78, 5) is 32.9. The van der Waals surface area contributed by atoms with Crippen molar-refractivity contribution in [2.24, 2.45) is 5.73 Å². The number of ether oxygens (including phenoxy) is 1. The van der Waals surface area contributed by atoms with Crippen molar-refractivity contribution < 1.29 is 14.3 Å². The molecule has 2 amide bonds. The molecule has 0 spiro atoms. The van der Waals surface area contributed by atoms with Crippen LogP contribution >= 0.6 is 46.5 Å². The Morgan fingerprint density at radius 1 is 1.06 bits per heavy atom. The third kappa shape index (κ3) is 10.2. The van der Waals surface area contributed by atoms with Gasteiger partial charge < -0.3 is 15.8 Å². The van der Waals surface area contributed by atoms with Crippen LogP contribution in [0.4, 0.5) is 5.69 Å². The third-order valence-electron chi connectivity index (χ3n) is 7.81. The number of hydrogen-bond acceptors (Lipinski definition) is 8. The minimum atomic E-state index is -0.717. The Bertz CT molecular complexity index is 1720. The average molecular weight is 727 g/mol. The zero-order chi connectivity index (χ0) is 34.4. The molecule has 2 heterocycles. The number of hydrogen-bond donors (Lipinski definition) is 2. The number of nitrogens with two attached hydrogens (primary N) is 1. The van der Waals surface area contributed by atoms with Crippen molar-refractivity contribution in [1.82, 2.24) is 14.2 Å². The van der Waals surface area contributed by atoms with Crippen molar-refractivity contribution in [2.75, 3.05) is 18.4 Å². The van der Waals surface area contributed by atoms with Gasteiger partial charge in [-0.25, -0.2) is 4.98 Å². The number of nitrogens with one attached hydrogen (secondary N) is 1. The van der Waals surface area contributed by atoms with Crippen LogP contribution in [-0.4, -0.2) is 56.8 Å². The van der Waals surface area contributed by atoms with Crippen molar-refractivity contribution in [1.29, 1.82) is 0 Å². The summed E-state index contributed by atoms with van der Waals surface area (Å²) in [7, 11) is 0. The van der Waals surface area contributed by atoms with E-state index in [1.807, 2.05) is 97.2 Å².